The van der Waals surface area contributed by atoms with Gasteiger partial charge in [0.1, 0.15) is 0 Å². The molecule has 0 radical (unpaired) electrons. The highest BCUT2D eigenvalue weighted by Crippen LogP contribution is 2.47. The zero-order valence-electron chi connectivity index (χ0n) is 10.7. The van der Waals surface area contributed by atoms with Gasteiger partial charge >= 0.3 is 0 Å². The zero-order chi connectivity index (χ0) is 11.2. The molecule has 2 nitrogen and oxygen atoms in total. The van der Waals surface area contributed by atoms with Gasteiger partial charge in [0.05, 0.1) is 0 Å². The molecule has 2 heteroatoms. The van der Waals surface area contributed by atoms with Gasteiger partial charge in [0.15, 0.2) is 0 Å². The molecule has 0 aromatic heterocycles. The summed E-state index contributed by atoms with van der Waals surface area (Å²) in [6.07, 6.45) is 9.93. The second-order valence-corrected chi connectivity index (χ2v) is 5.69. The smallest absolute Gasteiger partial charge is 0.0462 e. The third-order valence-corrected chi connectivity index (χ3v) is 4.49. The Balaban J connectivity index is 1.43. The molecule has 0 spiro atoms. The average molecular weight is 225 g/mol. The number of nitrogens with one attached hydrogen (secondary N) is 1. The van der Waals surface area contributed by atoms with Crippen molar-refractivity contribution in [3.8, 4) is 0 Å². The first-order valence-corrected chi connectivity index (χ1v) is 7.10. The highest BCUT2D eigenvalue weighted by atomic mass is 16.5. The maximum absolute atomic E-state index is 5.04. The monoisotopic (exact) mass is 225 g/mol. The number of fused-ring (bicyclic) bond motifs is 2. The second-order valence-electron chi connectivity index (χ2n) is 5.69. The van der Waals surface area contributed by atoms with E-state index in [-0.39, 0.29) is 0 Å². The SMILES string of the molecule is COCCCCCNCC1CC2CCC1C2. The van der Waals surface area contributed by atoms with Gasteiger partial charge in [-0.15, -0.1) is 0 Å². The molecular formula is C14H27NO. The molecule has 2 fully saturated rings. The van der Waals surface area contributed by atoms with Crippen LogP contribution in [0.1, 0.15) is 44.9 Å². The number of rotatable bonds is 8. The van der Waals surface area contributed by atoms with Gasteiger partial charge in [-0.2, -0.15) is 0 Å². The second kappa shape index (κ2) is 6.61. The quantitative estimate of drug-likeness (QED) is 0.641. The van der Waals surface area contributed by atoms with Crippen LogP contribution in [-0.4, -0.2) is 26.8 Å². The number of hydrogen-bond donors (Lipinski definition) is 1. The summed E-state index contributed by atoms with van der Waals surface area (Å²) in [6, 6.07) is 0. The van der Waals surface area contributed by atoms with Crippen LogP contribution in [0.4, 0.5) is 0 Å². The summed E-state index contributed by atoms with van der Waals surface area (Å²) in [5, 5.41) is 3.65. The van der Waals surface area contributed by atoms with Crippen LogP contribution in [-0.2, 0) is 4.74 Å². The summed E-state index contributed by atoms with van der Waals surface area (Å²) in [5.74, 6) is 3.18. The van der Waals surface area contributed by atoms with Crippen LogP contribution >= 0.6 is 0 Å². The molecule has 2 saturated carbocycles. The summed E-state index contributed by atoms with van der Waals surface area (Å²) < 4.78 is 5.04. The molecule has 0 saturated heterocycles. The lowest BCUT2D eigenvalue weighted by atomic mass is 9.89. The van der Waals surface area contributed by atoms with Crippen molar-refractivity contribution in [2.45, 2.75) is 44.9 Å². The minimum atomic E-state index is 0.923. The lowest BCUT2D eigenvalue weighted by molar-refractivity contribution is 0.192. The average Bonchev–Trinajstić information content (AvgIpc) is 2.90. The van der Waals surface area contributed by atoms with E-state index in [0.717, 1.165) is 24.4 Å². The van der Waals surface area contributed by atoms with Gasteiger partial charge in [0.25, 0.3) is 0 Å². The van der Waals surface area contributed by atoms with Gasteiger partial charge in [-0.1, -0.05) is 6.42 Å². The van der Waals surface area contributed by atoms with Crippen LogP contribution < -0.4 is 5.32 Å². The zero-order valence-corrected chi connectivity index (χ0v) is 10.7. The first-order valence-electron chi connectivity index (χ1n) is 7.10. The summed E-state index contributed by atoms with van der Waals surface area (Å²) in [4.78, 5) is 0. The van der Waals surface area contributed by atoms with E-state index in [9.17, 15) is 0 Å². The summed E-state index contributed by atoms with van der Waals surface area (Å²) >= 11 is 0. The third kappa shape index (κ3) is 3.46. The molecule has 94 valence electrons. The Morgan fingerprint density at radius 2 is 2.06 bits per heavy atom. The molecule has 0 amide bonds. The van der Waals surface area contributed by atoms with Crippen LogP contribution in [0.5, 0.6) is 0 Å². The molecule has 3 unspecified atom stereocenters. The van der Waals surface area contributed by atoms with Crippen molar-refractivity contribution in [2.24, 2.45) is 17.8 Å². The Hall–Kier alpha value is -0.0800. The van der Waals surface area contributed by atoms with E-state index in [2.05, 4.69) is 5.32 Å². The molecule has 2 aliphatic carbocycles. The Morgan fingerprint density at radius 1 is 1.12 bits per heavy atom. The van der Waals surface area contributed by atoms with Crippen LogP contribution in [0.3, 0.4) is 0 Å². The van der Waals surface area contributed by atoms with Crippen molar-refractivity contribution in [1.29, 1.82) is 0 Å². The van der Waals surface area contributed by atoms with Crippen LogP contribution in [0.25, 0.3) is 0 Å². The van der Waals surface area contributed by atoms with Crippen molar-refractivity contribution >= 4 is 0 Å². The molecule has 2 bridgehead atoms. The van der Waals surface area contributed by atoms with Crippen molar-refractivity contribution in [3.05, 3.63) is 0 Å². The topological polar surface area (TPSA) is 21.3 Å². The largest absolute Gasteiger partial charge is 0.385 e. The highest BCUT2D eigenvalue weighted by Gasteiger charge is 2.38. The third-order valence-electron chi connectivity index (χ3n) is 4.49. The van der Waals surface area contributed by atoms with Gasteiger partial charge in [-0.3, -0.25) is 0 Å². The lowest BCUT2D eigenvalue weighted by Crippen LogP contribution is -2.27. The van der Waals surface area contributed by atoms with Gasteiger partial charge in [0, 0.05) is 13.7 Å². The summed E-state index contributed by atoms with van der Waals surface area (Å²) in [6.45, 7) is 3.41. The van der Waals surface area contributed by atoms with E-state index >= 15 is 0 Å². The van der Waals surface area contributed by atoms with Crippen molar-refractivity contribution in [3.63, 3.8) is 0 Å². The van der Waals surface area contributed by atoms with Crippen LogP contribution in [0, 0.1) is 17.8 Å². The molecule has 0 aliphatic heterocycles. The van der Waals surface area contributed by atoms with E-state index in [4.69, 9.17) is 4.74 Å². The van der Waals surface area contributed by atoms with E-state index in [1.807, 2.05) is 0 Å². The first-order chi connectivity index (χ1) is 7.90. The van der Waals surface area contributed by atoms with Crippen LogP contribution in [0.15, 0.2) is 0 Å². The molecule has 1 N–H and O–H groups in total. The van der Waals surface area contributed by atoms with Gasteiger partial charge in [-0.25, -0.2) is 0 Å². The summed E-state index contributed by atoms with van der Waals surface area (Å²) in [7, 11) is 1.79. The number of methoxy groups -OCH3 is 1. The fraction of sp³-hybridized carbons (Fsp3) is 1.00. The molecule has 2 rings (SSSR count). The standard InChI is InChI=1S/C14H27NO/c1-16-8-4-2-3-7-15-11-14-10-12-5-6-13(14)9-12/h12-15H,2-11H2,1H3. The van der Waals surface area contributed by atoms with E-state index in [1.54, 1.807) is 13.5 Å². The number of hydrogen-bond acceptors (Lipinski definition) is 2. The van der Waals surface area contributed by atoms with Crippen molar-refractivity contribution in [2.75, 3.05) is 26.8 Å². The van der Waals surface area contributed by atoms with E-state index in [0.29, 0.717) is 0 Å². The predicted molar refractivity (Wildman–Crippen MR) is 67.5 cm³/mol. The molecular weight excluding hydrogens is 198 g/mol. The minimum Gasteiger partial charge on any atom is -0.385 e. The Morgan fingerprint density at radius 3 is 2.75 bits per heavy atom. The van der Waals surface area contributed by atoms with E-state index < -0.39 is 0 Å². The molecule has 0 heterocycles. The molecule has 0 aromatic rings. The Kier molecular flexibility index (Phi) is 5.11. The number of ether oxygens (including phenoxy) is 1. The normalized spacial score (nSPS) is 32.4. The first kappa shape index (κ1) is 12.4. The summed E-state index contributed by atoms with van der Waals surface area (Å²) in [5.41, 5.74) is 0. The molecule has 2 aliphatic rings. The molecule has 16 heavy (non-hydrogen) atoms. The highest BCUT2D eigenvalue weighted by molar-refractivity contribution is 4.90. The van der Waals surface area contributed by atoms with Gasteiger partial charge in [-0.05, 0) is 69.4 Å². The fourth-order valence-electron chi connectivity index (χ4n) is 3.59. The van der Waals surface area contributed by atoms with Gasteiger partial charge < -0.3 is 10.1 Å². The number of unbranched alkanes of at least 4 members (excludes halogenated alkanes) is 2. The fourth-order valence-corrected chi connectivity index (χ4v) is 3.59. The Labute approximate surface area is 100 Å². The molecule has 3 atom stereocenters. The maximum Gasteiger partial charge on any atom is 0.0462 e. The molecule has 0 aromatic carbocycles. The van der Waals surface area contributed by atoms with Gasteiger partial charge in [0.2, 0.25) is 0 Å². The van der Waals surface area contributed by atoms with Crippen molar-refractivity contribution < 1.29 is 4.74 Å². The minimum absolute atomic E-state index is 0.923. The Bertz CT molecular complexity index is 195. The van der Waals surface area contributed by atoms with Crippen LogP contribution in [0.2, 0.25) is 0 Å². The lowest BCUT2D eigenvalue weighted by Gasteiger charge is -2.21. The predicted octanol–water partition coefficient (Wildman–Crippen LogP) is 2.83. The van der Waals surface area contributed by atoms with E-state index in [1.165, 1.54) is 51.6 Å². The maximum atomic E-state index is 5.04. The van der Waals surface area contributed by atoms with Crippen molar-refractivity contribution in [1.82, 2.24) is 5.32 Å².